The maximum Gasteiger partial charge on any atom is 0.573 e. The minimum absolute atomic E-state index is 0.0657. The minimum atomic E-state index is -4.88. The Kier molecular flexibility index (Phi) is 4.70. The Morgan fingerprint density at radius 3 is 2.39 bits per heavy atom. The van der Waals surface area contributed by atoms with Gasteiger partial charge in [-0.05, 0) is 35.4 Å². The van der Waals surface area contributed by atoms with Crippen LogP contribution in [0.3, 0.4) is 0 Å². The van der Waals surface area contributed by atoms with Crippen LogP contribution in [0, 0.1) is 0 Å². The number of methoxy groups -OCH3 is 1. The van der Waals surface area contributed by atoms with Crippen molar-refractivity contribution < 1.29 is 32.5 Å². The smallest absolute Gasteiger partial charge is 0.508 e. The van der Waals surface area contributed by atoms with E-state index in [1.807, 2.05) is 0 Å². The number of carbonyl (C=O) groups is 1. The number of halogens is 4. The van der Waals surface area contributed by atoms with E-state index < -0.39 is 23.8 Å². The van der Waals surface area contributed by atoms with E-state index in [4.69, 9.17) is 11.6 Å². The van der Waals surface area contributed by atoms with Crippen molar-refractivity contribution in [1.82, 2.24) is 0 Å². The summed E-state index contributed by atoms with van der Waals surface area (Å²) in [6.45, 7) is 0. The monoisotopic (exact) mass is 346 g/mol. The second kappa shape index (κ2) is 6.37. The van der Waals surface area contributed by atoms with Gasteiger partial charge in [-0.1, -0.05) is 17.7 Å². The lowest BCUT2D eigenvalue weighted by Crippen LogP contribution is -2.17. The fraction of sp³-hybridized carbons (Fsp3) is 0.133. The normalized spacial score (nSPS) is 11.2. The van der Waals surface area contributed by atoms with Gasteiger partial charge in [0.25, 0.3) is 0 Å². The first-order valence-electron chi connectivity index (χ1n) is 6.17. The van der Waals surface area contributed by atoms with E-state index in [1.54, 1.807) is 0 Å². The second-order valence-electron chi connectivity index (χ2n) is 4.45. The van der Waals surface area contributed by atoms with Gasteiger partial charge in [-0.3, -0.25) is 0 Å². The molecule has 8 heteroatoms. The molecule has 0 aliphatic rings. The molecule has 0 amide bonds. The lowest BCUT2D eigenvalue weighted by molar-refractivity contribution is -0.274. The van der Waals surface area contributed by atoms with Crippen LogP contribution in [-0.2, 0) is 4.74 Å². The number of benzene rings is 2. The number of esters is 1. The molecule has 0 radical (unpaired) electrons. The van der Waals surface area contributed by atoms with Crippen molar-refractivity contribution in [3.05, 3.63) is 47.0 Å². The van der Waals surface area contributed by atoms with Crippen molar-refractivity contribution in [2.45, 2.75) is 6.36 Å². The number of hydrogen-bond acceptors (Lipinski definition) is 4. The van der Waals surface area contributed by atoms with Gasteiger partial charge >= 0.3 is 12.3 Å². The molecule has 23 heavy (non-hydrogen) atoms. The highest BCUT2D eigenvalue weighted by Gasteiger charge is 2.31. The van der Waals surface area contributed by atoms with Crippen molar-refractivity contribution in [2.75, 3.05) is 7.11 Å². The molecule has 4 nitrogen and oxygen atoms in total. The van der Waals surface area contributed by atoms with Gasteiger partial charge in [-0.2, -0.15) is 0 Å². The first-order chi connectivity index (χ1) is 10.7. The van der Waals surface area contributed by atoms with Gasteiger partial charge in [-0.15, -0.1) is 13.2 Å². The topological polar surface area (TPSA) is 55.8 Å². The summed E-state index contributed by atoms with van der Waals surface area (Å²) in [5, 5.41) is 9.61. The highest BCUT2D eigenvalue weighted by Crippen LogP contribution is 2.33. The van der Waals surface area contributed by atoms with E-state index in [-0.39, 0.29) is 16.1 Å². The van der Waals surface area contributed by atoms with Gasteiger partial charge in [0.1, 0.15) is 11.5 Å². The Hall–Kier alpha value is -2.41. The van der Waals surface area contributed by atoms with E-state index in [1.165, 1.54) is 31.4 Å². The number of alkyl halides is 3. The lowest BCUT2D eigenvalue weighted by atomic mass is 10.0. The third kappa shape index (κ3) is 4.29. The maximum absolute atomic E-state index is 12.3. The Balaban J connectivity index is 2.42. The van der Waals surface area contributed by atoms with E-state index in [0.29, 0.717) is 5.56 Å². The molecule has 0 bridgehead atoms. The van der Waals surface area contributed by atoms with Gasteiger partial charge in [0.15, 0.2) is 0 Å². The SMILES string of the molecule is COC(=O)c1ccc(-c2cc(O)cc(OC(F)(F)F)c2)cc1Cl. The molecule has 0 heterocycles. The van der Waals surface area contributed by atoms with Gasteiger partial charge in [-0.25, -0.2) is 4.79 Å². The van der Waals surface area contributed by atoms with E-state index in [9.17, 15) is 23.1 Å². The summed E-state index contributed by atoms with van der Waals surface area (Å²) in [7, 11) is 1.20. The van der Waals surface area contributed by atoms with Crippen molar-refractivity contribution in [1.29, 1.82) is 0 Å². The van der Waals surface area contributed by atoms with E-state index >= 15 is 0 Å². The predicted octanol–water partition coefficient (Wildman–Crippen LogP) is 4.40. The zero-order valence-corrected chi connectivity index (χ0v) is 12.4. The summed E-state index contributed by atoms with van der Waals surface area (Å²) < 4.78 is 45.2. The summed E-state index contributed by atoms with van der Waals surface area (Å²) in [6.07, 6.45) is -4.88. The van der Waals surface area contributed by atoms with Crippen molar-refractivity contribution in [2.24, 2.45) is 0 Å². The molecular weight excluding hydrogens is 337 g/mol. The molecular formula is C15H10ClF3O4. The van der Waals surface area contributed by atoms with Crippen molar-refractivity contribution in [3.63, 3.8) is 0 Å². The molecule has 0 saturated heterocycles. The molecule has 0 unspecified atom stereocenters. The Labute approximate surface area is 134 Å². The van der Waals surface area contributed by atoms with Crippen LogP contribution in [0.4, 0.5) is 13.2 Å². The summed E-state index contributed by atoms with van der Waals surface area (Å²) in [5.41, 5.74) is 0.748. The van der Waals surface area contributed by atoms with Crippen LogP contribution in [0.1, 0.15) is 10.4 Å². The zero-order chi connectivity index (χ0) is 17.2. The standard InChI is InChI=1S/C15H10ClF3O4/c1-22-14(21)12-3-2-8(6-13(12)16)9-4-10(20)7-11(5-9)23-15(17,18)19/h2-7,20H,1H3. The van der Waals surface area contributed by atoms with Crippen LogP contribution >= 0.6 is 11.6 Å². The average molecular weight is 347 g/mol. The van der Waals surface area contributed by atoms with Crippen LogP contribution < -0.4 is 4.74 Å². The van der Waals surface area contributed by atoms with Crippen molar-refractivity contribution >= 4 is 17.6 Å². The third-order valence-corrected chi connectivity index (χ3v) is 3.15. The maximum atomic E-state index is 12.3. The molecule has 0 atom stereocenters. The molecule has 2 aromatic carbocycles. The van der Waals surface area contributed by atoms with Gasteiger partial charge in [0.05, 0.1) is 17.7 Å². The number of hydrogen-bond donors (Lipinski definition) is 1. The van der Waals surface area contributed by atoms with E-state index in [0.717, 1.165) is 12.1 Å². The van der Waals surface area contributed by atoms with Crippen LogP contribution in [0.2, 0.25) is 5.02 Å². The molecule has 2 rings (SSSR count). The Bertz CT molecular complexity index is 744. The Morgan fingerprint density at radius 2 is 1.83 bits per heavy atom. The number of ether oxygens (including phenoxy) is 2. The first kappa shape index (κ1) is 17.0. The van der Waals surface area contributed by atoms with Gasteiger partial charge in [0, 0.05) is 6.07 Å². The zero-order valence-electron chi connectivity index (χ0n) is 11.6. The number of aromatic hydroxyl groups is 1. The lowest BCUT2D eigenvalue weighted by Gasteiger charge is -2.12. The average Bonchev–Trinajstić information content (AvgIpc) is 2.43. The summed E-state index contributed by atoms with van der Waals surface area (Å²) in [6, 6.07) is 7.38. The predicted molar refractivity (Wildman–Crippen MR) is 76.6 cm³/mol. The fourth-order valence-electron chi connectivity index (χ4n) is 1.91. The first-order valence-corrected chi connectivity index (χ1v) is 6.55. The number of phenolic OH excluding ortho intramolecular Hbond substituents is 1. The summed E-state index contributed by atoms with van der Waals surface area (Å²) in [4.78, 5) is 11.5. The second-order valence-corrected chi connectivity index (χ2v) is 4.86. The highest BCUT2D eigenvalue weighted by atomic mass is 35.5. The molecule has 0 aromatic heterocycles. The number of rotatable bonds is 3. The number of carbonyl (C=O) groups excluding carboxylic acids is 1. The third-order valence-electron chi connectivity index (χ3n) is 2.83. The molecule has 122 valence electrons. The van der Waals surface area contributed by atoms with Gasteiger partial charge in [0.2, 0.25) is 0 Å². The highest BCUT2D eigenvalue weighted by molar-refractivity contribution is 6.33. The van der Waals surface area contributed by atoms with Crippen LogP contribution in [0.5, 0.6) is 11.5 Å². The van der Waals surface area contributed by atoms with Gasteiger partial charge < -0.3 is 14.6 Å². The molecule has 0 spiro atoms. The summed E-state index contributed by atoms with van der Waals surface area (Å²) in [5.74, 6) is -1.62. The molecule has 0 saturated carbocycles. The fourth-order valence-corrected chi connectivity index (χ4v) is 2.17. The quantitative estimate of drug-likeness (QED) is 0.837. The molecule has 1 N–H and O–H groups in total. The summed E-state index contributed by atoms with van der Waals surface area (Å²) >= 11 is 5.96. The van der Waals surface area contributed by atoms with E-state index in [2.05, 4.69) is 9.47 Å². The Morgan fingerprint density at radius 1 is 1.13 bits per heavy atom. The number of phenols is 1. The molecule has 0 aliphatic carbocycles. The largest absolute Gasteiger partial charge is 0.573 e. The van der Waals surface area contributed by atoms with Crippen LogP contribution in [-0.4, -0.2) is 24.5 Å². The van der Waals surface area contributed by atoms with Crippen LogP contribution in [0.15, 0.2) is 36.4 Å². The van der Waals surface area contributed by atoms with Crippen molar-refractivity contribution in [3.8, 4) is 22.6 Å². The molecule has 0 fully saturated rings. The molecule has 0 aliphatic heterocycles. The molecule has 2 aromatic rings. The van der Waals surface area contributed by atoms with Crippen LogP contribution in [0.25, 0.3) is 11.1 Å². The minimum Gasteiger partial charge on any atom is -0.508 e.